The molecule has 0 bridgehead atoms. The average molecular weight is 213 g/mol. The Hall–Kier alpha value is -0.120. The molecule has 15 heavy (non-hydrogen) atoms. The van der Waals surface area contributed by atoms with Crippen LogP contribution in [0.4, 0.5) is 0 Å². The fraction of sp³-hybridized carbons (Fsp3) is 1.00. The van der Waals surface area contributed by atoms with Gasteiger partial charge in [-0.15, -0.1) is 0 Å². The van der Waals surface area contributed by atoms with Crippen molar-refractivity contribution in [2.24, 2.45) is 11.3 Å². The van der Waals surface area contributed by atoms with E-state index in [4.69, 9.17) is 4.74 Å². The summed E-state index contributed by atoms with van der Waals surface area (Å²) in [5.74, 6) is 0.860. The molecule has 0 aromatic heterocycles. The van der Waals surface area contributed by atoms with Crippen LogP contribution < -0.4 is 0 Å². The second kappa shape index (κ2) is 4.40. The van der Waals surface area contributed by atoms with Crippen molar-refractivity contribution >= 4 is 0 Å². The summed E-state index contributed by atoms with van der Waals surface area (Å²) in [6.07, 6.45) is 2.59. The van der Waals surface area contributed by atoms with E-state index in [1.807, 2.05) is 0 Å². The topological polar surface area (TPSA) is 32.7 Å². The van der Waals surface area contributed by atoms with Gasteiger partial charge in [-0.25, -0.2) is 0 Å². The molecule has 0 aromatic rings. The molecule has 2 heterocycles. The summed E-state index contributed by atoms with van der Waals surface area (Å²) >= 11 is 0. The Morgan fingerprint density at radius 2 is 2.13 bits per heavy atom. The van der Waals surface area contributed by atoms with Crippen molar-refractivity contribution in [3.05, 3.63) is 0 Å². The normalized spacial score (nSPS) is 36.2. The summed E-state index contributed by atoms with van der Waals surface area (Å²) in [5, 5.41) is 9.40. The minimum atomic E-state index is 0.0504. The Balaban J connectivity index is 1.88. The number of hydrogen-bond acceptors (Lipinski definition) is 3. The number of hydrogen-bond donors (Lipinski definition) is 1. The maximum absolute atomic E-state index is 9.40. The van der Waals surface area contributed by atoms with E-state index in [2.05, 4.69) is 18.7 Å². The minimum absolute atomic E-state index is 0.0504. The van der Waals surface area contributed by atoms with Gasteiger partial charge in [0.25, 0.3) is 0 Å². The SMILES string of the molecule is CC1CCN(CC2(CO)COC2)C(C)C1. The molecule has 2 aliphatic heterocycles. The molecule has 88 valence electrons. The Kier molecular flexibility index (Phi) is 3.33. The lowest BCUT2D eigenvalue weighted by atomic mass is 9.84. The molecule has 0 amide bonds. The summed E-state index contributed by atoms with van der Waals surface area (Å²) in [4.78, 5) is 2.53. The first-order valence-electron chi connectivity index (χ1n) is 6.08. The summed E-state index contributed by atoms with van der Waals surface area (Å²) in [5.41, 5.74) is 0.0504. The average Bonchev–Trinajstić information content (AvgIpc) is 2.14. The Labute approximate surface area is 92.4 Å². The zero-order chi connectivity index (χ0) is 10.9. The van der Waals surface area contributed by atoms with Gasteiger partial charge in [0, 0.05) is 12.6 Å². The lowest BCUT2D eigenvalue weighted by Crippen LogP contribution is -2.56. The van der Waals surface area contributed by atoms with Gasteiger partial charge in [0.2, 0.25) is 0 Å². The van der Waals surface area contributed by atoms with E-state index < -0.39 is 0 Å². The van der Waals surface area contributed by atoms with Crippen LogP contribution in [0.15, 0.2) is 0 Å². The number of rotatable bonds is 3. The summed E-state index contributed by atoms with van der Waals surface area (Å²) in [6.45, 7) is 8.58. The van der Waals surface area contributed by atoms with Gasteiger partial charge in [0.05, 0.1) is 25.2 Å². The smallest absolute Gasteiger partial charge is 0.0579 e. The first-order valence-corrected chi connectivity index (χ1v) is 6.08. The zero-order valence-electron chi connectivity index (χ0n) is 9.91. The molecule has 2 atom stereocenters. The van der Waals surface area contributed by atoms with Gasteiger partial charge in [-0.2, -0.15) is 0 Å². The van der Waals surface area contributed by atoms with Crippen LogP contribution in [0.3, 0.4) is 0 Å². The van der Waals surface area contributed by atoms with Crippen molar-refractivity contribution in [1.29, 1.82) is 0 Å². The lowest BCUT2D eigenvalue weighted by molar-refractivity contribution is -0.153. The predicted molar refractivity (Wildman–Crippen MR) is 59.8 cm³/mol. The third-order valence-electron chi connectivity index (χ3n) is 3.97. The van der Waals surface area contributed by atoms with Crippen molar-refractivity contribution in [3.8, 4) is 0 Å². The van der Waals surface area contributed by atoms with Crippen LogP contribution in [-0.2, 0) is 4.74 Å². The maximum atomic E-state index is 9.40. The highest BCUT2D eigenvalue weighted by Crippen LogP contribution is 2.31. The third kappa shape index (κ3) is 2.35. The lowest BCUT2D eigenvalue weighted by Gasteiger charge is -2.47. The van der Waals surface area contributed by atoms with Crippen LogP contribution in [0.1, 0.15) is 26.7 Å². The zero-order valence-corrected chi connectivity index (χ0v) is 9.91. The van der Waals surface area contributed by atoms with Gasteiger partial charge >= 0.3 is 0 Å². The van der Waals surface area contributed by atoms with E-state index >= 15 is 0 Å². The van der Waals surface area contributed by atoms with Crippen LogP contribution >= 0.6 is 0 Å². The van der Waals surface area contributed by atoms with E-state index in [1.165, 1.54) is 19.4 Å². The van der Waals surface area contributed by atoms with Gasteiger partial charge in [-0.1, -0.05) is 6.92 Å². The Morgan fingerprint density at radius 1 is 1.40 bits per heavy atom. The Morgan fingerprint density at radius 3 is 2.60 bits per heavy atom. The molecule has 0 saturated carbocycles. The van der Waals surface area contributed by atoms with E-state index in [0.717, 1.165) is 25.7 Å². The molecule has 1 N–H and O–H groups in total. The standard InChI is InChI=1S/C12H23NO2/c1-10-3-4-13(11(2)5-10)6-12(7-14)8-15-9-12/h10-11,14H,3-9H2,1-2H3. The molecule has 0 radical (unpaired) electrons. The van der Waals surface area contributed by atoms with E-state index in [1.54, 1.807) is 0 Å². The van der Waals surface area contributed by atoms with Crippen molar-refractivity contribution in [2.45, 2.75) is 32.7 Å². The molecule has 2 rings (SSSR count). The number of ether oxygens (including phenoxy) is 1. The molecule has 2 aliphatic rings. The van der Waals surface area contributed by atoms with Gasteiger partial charge in [-0.05, 0) is 32.2 Å². The number of aliphatic hydroxyl groups is 1. The second-order valence-corrected chi connectivity index (χ2v) is 5.60. The fourth-order valence-electron chi connectivity index (χ4n) is 2.74. The highest BCUT2D eigenvalue weighted by Gasteiger charge is 2.41. The number of likely N-dealkylation sites (tertiary alicyclic amines) is 1. The van der Waals surface area contributed by atoms with Gasteiger partial charge < -0.3 is 9.84 Å². The van der Waals surface area contributed by atoms with Crippen LogP contribution in [0.2, 0.25) is 0 Å². The molecular weight excluding hydrogens is 190 g/mol. The quantitative estimate of drug-likeness (QED) is 0.762. The van der Waals surface area contributed by atoms with Crippen molar-refractivity contribution in [2.75, 3.05) is 32.9 Å². The molecule has 0 aliphatic carbocycles. The van der Waals surface area contributed by atoms with Crippen molar-refractivity contribution in [3.63, 3.8) is 0 Å². The molecule has 2 unspecified atom stereocenters. The number of nitrogens with zero attached hydrogens (tertiary/aromatic N) is 1. The molecule has 2 fully saturated rings. The largest absolute Gasteiger partial charge is 0.396 e. The van der Waals surface area contributed by atoms with E-state index in [-0.39, 0.29) is 12.0 Å². The minimum Gasteiger partial charge on any atom is -0.396 e. The summed E-state index contributed by atoms with van der Waals surface area (Å²) < 4.78 is 5.24. The van der Waals surface area contributed by atoms with Gasteiger partial charge in [0.1, 0.15) is 0 Å². The Bertz CT molecular complexity index is 210. The summed E-state index contributed by atoms with van der Waals surface area (Å²) in [6, 6.07) is 0.665. The molecule has 3 heteroatoms. The van der Waals surface area contributed by atoms with Crippen LogP contribution in [-0.4, -0.2) is 49.0 Å². The van der Waals surface area contributed by atoms with Crippen LogP contribution in [0, 0.1) is 11.3 Å². The second-order valence-electron chi connectivity index (χ2n) is 5.60. The third-order valence-corrected chi connectivity index (χ3v) is 3.97. The number of piperidine rings is 1. The number of aliphatic hydroxyl groups excluding tert-OH is 1. The van der Waals surface area contributed by atoms with E-state index in [0.29, 0.717) is 6.04 Å². The fourth-order valence-corrected chi connectivity index (χ4v) is 2.74. The highest BCUT2D eigenvalue weighted by atomic mass is 16.5. The molecule has 3 nitrogen and oxygen atoms in total. The van der Waals surface area contributed by atoms with E-state index in [9.17, 15) is 5.11 Å². The molecule has 0 aromatic carbocycles. The van der Waals surface area contributed by atoms with Crippen molar-refractivity contribution < 1.29 is 9.84 Å². The summed E-state index contributed by atoms with van der Waals surface area (Å²) in [7, 11) is 0. The highest BCUT2D eigenvalue weighted by molar-refractivity contribution is 4.90. The van der Waals surface area contributed by atoms with Gasteiger partial charge in [-0.3, -0.25) is 4.90 Å². The van der Waals surface area contributed by atoms with Crippen LogP contribution in [0.25, 0.3) is 0 Å². The predicted octanol–water partition coefficient (Wildman–Crippen LogP) is 1.12. The van der Waals surface area contributed by atoms with Crippen molar-refractivity contribution in [1.82, 2.24) is 4.90 Å². The first kappa shape index (κ1) is 11.4. The maximum Gasteiger partial charge on any atom is 0.0579 e. The van der Waals surface area contributed by atoms with Crippen LogP contribution in [0.5, 0.6) is 0 Å². The molecule has 0 spiro atoms. The monoisotopic (exact) mass is 213 g/mol. The molecular formula is C12H23NO2. The molecule has 2 saturated heterocycles. The van der Waals surface area contributed by atoms with Gasteiger partial charge in [0.15, 0.2) is 0 Å². The first-order chi connectivity index (χ1) is 7.15.